The zero-order valence-corrected chi connectivity index (χ0v) is 21.9. The van der Waals surface area contributed by atoms with Gasteiger partial charge in [-0.15, -0.1) is 0 Å². The number of aliphatic hydroxyl groups is 2. The molecule has 1 aliphatic rings. The molecule has 0 aliphatic carbocycles. The van der Waals surface area contributed by atoms with Crippen LogP contribution in [0.4, 0.5) is 4.39 Å². The lowest BCUT2D eigenvalue weighted by Crippen LogP contribution is -2.47. The fraction of sp³-hybridized carbons (Fsp3) is 0.310. The molecule has 0 radical (unpaired) electrons. The molecular formula is C29H30FN7O3. The van der Waals surface area contributed by atoms with Crippen molar-refractivity contribution in [2.45, 2.75) is 38.1 Å². The minimum atomic E-state index is -1.01. The molecule has 40 heavy (non-hydrogen) atoms. The highest BCUT2D eigenvalue weighted by molar-refractivity contribution is 5.74. The molecule has 11 heteroatoms. The van der Waals surface area contributed by atoms with E-state index < -0.39 is 5.60 Å². The second kappa shape index (κ2) is 10.8. The van der Waals surface area contributed by atoms with Crippen molar-refractivity contribution in [3.05, 3.63) is 95.2 Å². The van der Waals surface area contributed by atoms with Crippen molar-refractivity contribution in [1.29, 1.82) is 0 Å². The van der Waals surface area contributed by atoms with Gasteiger partial charge in [0.25, 0.3) is 5.56 Å². The summed E-state index contributed by atoms with van der Waals surface area (Å²) < 4.78 is 18.0. The molecular weight excluding hydrogens is 513 g/mol. The van der Waals surface area contributed by atoms with E-state index in [4.69, 9.17) is 5.11 Å². The van der Waals surface area contributed by atoms with Gasteiger partial charge < -0.3 is 10.2 Å². The van der Waals surface area contributed by atoms with Crippen LogP contribution < -0.4 is 5.56 Å². The lowest BCUT2D eigenvalue weighted by Gasteiger charge is -2.38. The molecule has 1 aliphatic heterocycles. The number of rotatable bonds is 8. The number of piperidine rings is 1. The number of aliphatic hydroxyl groups excluding tert-OH is 1. The summed E-state index contributed by atoms with van der Waals surface area (Å²) in [5, 5.41) is 29.3. The highest BCUT2D eigenvalue weighted by Crippen LogP contribution is 2.26. The number of hydrogen-bond donors (Lipinski definition) is 2. The molecule has 5 aromatic rings. The summed E-state index contributed by atoms with van der Waals surface area (Å²) in [4.78, 5) is 19.9. The molecule has 206 valence electrons. The Kier molecular flexibility index (Phi) is 7.01. The predicted octanol–water partition coefficient (Wildman–Crippen LogP) is 2.60. The van der Waals surface area contributed by atoms with Crippen LogP contribution in [-0.2, 0) is 19.6 Å². The van der Waals surface area contributed by atoms with E-state index in [1.54, 1.807) is 23.0 Å². The zero-order chi connectivity index (χ0) is 27.7. The van der Waals surface area contributed by atoms with Crippen molar-refractivity contribution in [2.75, 3.05) is 19.7 Å². The Morgan fingerprint density at radius 3 is 2.42 bits per heavy atom. The third kappa shape index (κ3) is 5.31. The maximum atomic E-state index is 13.3. The molecule has 0 bridgehead atoms. The topological polar surface area (TPSA) is 114 Å². The molecule has 6 rings (SSSR count). The van der Waals surface area contributed by atoms with E-state index in [1.807, 2.05) is 6.20 Å². The van der Waals surface area contributed by atoms with Crippen molar-refractivity contribution in [3.8, 4) is 16.8 Å². The number of halogens is 1. The maximum absolute atomic E-state index is 13.3. The Morgan fingerprint density at radius 2 is 1.70 bits per heavy atom. The summed E-state index contributed by atoms with van der Waals surface area (Å²) in [5.41, 5.74) is 2.97. The SMILES string of the molecule is O=c1c2cnn(-c3ccc(F)cc3)c2ncn1CC1(O)CCN(Cc2ccc(-c3cnn(CCO)c3)cc2)CC1. The molecule has 1 fully saturated rings. The third-order valence-electron chi connectivity index (χ3n) is 7.53. The van der Waals surface area contributed by atoms with Gasteiger partial charge in [0.05, 0.1) is 43.4 Å². The average Bonchev–Trinajstić information content (AvgIpc) is 3.61. The van der Waals surface area contributed by atoms with Gasteiger partial charge in [-0.2, -0.15) is 10.2 Å². The Bertz CT molecular complexity index is 1670. The second-order valence-electron chi connectivity index (χ2n) is 10.4. The maximum Gasteiger partial charge on any atom is 0.264 e. The number of nitrogens with zero attached hydrogens (tertiary/aromatic N) is 7. The average molecular weight is 544 g/mol. The summed E-state index contributed by atoms with van der Waals surface area (Å²) in [6, 6.07) is 14.2. The van der Waals surface area contributed by atoms with Gasteiger partial charge in [-0.25, -0.2) is 14.1 Å². The van der Waals surface area contributed by atoms with Crippen LogP contribution >= 0.6 is 0 Å². The van der Waals surface area contributed by atoms with E-state index >= 15 is 0 Å². The summed E-state index contributed by atoms with van der Waals surface area (Å²) >= 11 is 0. The first kappa shape index (κ1) is 26.1. The number of likely N-dealkylation sites (tertiary alicyclic amines) is 1. The largest absolute Gasteiger partial charge is 0.394 e. The minimum Gasteiger partial charge on any atom is -0.394 e. The Labute approximate surface area is 229 Å². The minimum absolute atomic E-state index is 0.0540. The number of hydrogen-bond acceptors (Lipinski definition) is 7. The van der Waals surface area contributed by atoms with Crippen LogP contribution in [-0.4, -0.2) is 69.5 Å². The molecule has 0 saturated carbocycles. The molecule has 4 heterocycles. The van der Waals surface area contributed by atoms with Gasteiger partial charge in [-0.05, 0) is 48.2 Å². The molecule has 0 unspecified atom stereocenters. The molecule has 0 amide bonds. The molecule has 10 nitrogen and oxygen atoms in total. The van der Waals surface area contributed by atoms with Crippen molar-refractivity contribution in [3.63, 3.8) is 0 Å². The van der Waals surface area contributed by atoms with Crippen LogP contribution in [0.15, 0.2) is 78.2 Å². The van der Waals surface area contributed by atoms with E-state index in [2.05, 4.69) is 44.3 Å². The Hall–Kier alpha value is -4.19. The lowest BCUT2D eigenvalue weighted by molar-refractivity contribution is -0.0364. The van der Waals surface area contributed by atoms with Crippen LogP contribution in [0.3, 0.4) is 0 Å². The first-order valence-corrected chi connectivity index (χ1v) is 13.3. The number of fused-ring (bicyclic) bond motifs is 1. The molecule has 2 N–H and O–H groups in total. The quantitative estimate of drug-likeness (QED) is 0.309. The van der Waals surface area contributed by atoms with Crippen LogP contribution in [0.5, 0.6) is 0 Å². The van der Waals surface area contributed by atoms with Gasteiger partial charge in [-0.1, -0.05) is 24.3 Å². The van der Waals surface area contributed by atoms with Gasteiger partial charge in [0.1, 0.15) is 17.5 Å². The third-order valence-corrected chi connectivity index (χ3v) is 7.53. The smallest absolute Gasteiger partial charge is 0.264 e. The first-order valence-electron chi connectivity index (χ1n) is 13.3. The van der Waals surface area contributed by atoms with E-state index in [0.29, 0.717) is 49.2 Å². The Morgan fingerprint density at radius 1 is 0.950 bits per heavy atom. The van der Waals surface area contributed by atoms with E-state index in [0.717, 1.165) is 17.7 Å². The van der Waals surface area contributed by atoms with Crippen molar-refractivity contribution < 1.29 is 14.6 Å². The van der Waals surface area contributed by atoms with E-state index in [-0.39, 0.29) is 24.5 Å². The van der Waals surface area contributed by atoms with Crippen molar-refractivity contribution >= 4 is 11.0 Å². The summed E-state index contributed by atoms with van der Waals surface area (Å²) in [6.45, 7) is 2.87. The monoisotopic (exact) mass is 543 g/mol. The van der Waals surface area contributed by atoms with Crippen LogP contribution in [0.25, 0.3) is 27.8 Å². The lowest BCUT2D eigenvalue weighted by atomic mass is 9.91. The second-order valence-corrected chi connectivity index (χ2v) is 10.4. The van der Waals surface area contributed by atoms with Gasteiger partial charge in [0, 0.05) is 31.4 Å². The zero-order valence-electron chi connectivity index (χ0n) is 21.9. The van der Waals surface area contributed by atoms with Gasteiger partial charge in [0.15, 0.2) is 5.65 Å². The molecule has 3 aromatic heterocycles. The van der Waals surface area contributed by atoms with Crippen molar-refractivity contribution in [2.24, 2.45) is 0 Å². The Balaban J connectivity index is 1.08. The van der Waals surface area contributed by atoms with Gasteiger partial charge in [0.2, 0.25) is 0 Å². The fourth-order valence-electron chi connectivity index (χ4n) is 5.23. The predicted molar refractivity (Wildman–Crippen MR) is 147 cm³/mol. The number of benzene rings is 2. The summed E-state index contributed by atoms with van der Waals surface area (Å²) in [7, 11) is 0. The summed E-state index contributed by atoms with van der Waals surface area (Å²) in [5.74, 6) is -0.354. The highest BCUT2D eigenvalue weighted by Gasteiger charge is 2.33. The molecule has 2 aromatic carbocycles. The standard InChI is InChI=1S/C29H30FN7O3/c30-24-5-7-25(8-6-24)37-27-26(16-33-37)28(39)35(20-31-27)19-29(40)9-11-34(12-10-29)17-21-1-3-22(4-2-21)23-15-32-36(18-23)13-14-38/h1-8,15-16,18,20,38,40H,9-14,17,19H2. The highest BCUT2D eigenvalue weighted by atomic mass is 19.1. The number of aromatic nitrogens is 6. The summed E-state index contributed by atoms with van der Waals surface area (Å²) in [6.07, 6.45) is 7.71. The van der Waals surface area contributed by atoms with Gasteiger partial charge in [-0.3, -0.25) is 18.9 Å². The van der Waals surface area contributed by atoms with Crippen LogP contribution in [0.1, 0.15) is 18.4 Å². The normalized spacial score (nSPS) is 15.6. The van der Waals surface area contributed by atoms with Crippen LogP contribution in [0.2, 0.25) is 0 Å². The van der Waals surface area contributed by atoms with Crippen molar-refractivity contribution in [1.82, 2.24) is 34.0 Å². The molecule has 0 atom stereocenters. The van der Waals surface area contributed by atoms with Gasteiger partial charge >= 0.3 is 0 Å². The fourth-order valence-corrected chi connectivity index (χ4v) is 5.23. The molecule has 1 saturated heterocycles. The first-order chi connectivity index (χ1) is 19.4. The van der Waals surface area contributed by atoms with E-state index in [1.165, 1.54) is 39.5 Å². The van der Waals surface area contributed by atoms with E-state index in [9.17, 15) is 14.3 Å². The van der Waals surface area contributed by atoms with Crippen LogP contribution in [0, 0.1) is 5.82 Å². The molecule has 0 spiro atoms.